The van der Waals surface area contributed by atoms with Crippen LogP contribution >= 0.6 is 15.9 Å². The second-order valence-corrected chi connectivity index (χ2v) is 6.19. The molecule has 0 bridgehead atoms. The highest BCUT2D eigenvalue weighted by atomic mass is 79.9. The predicted molar refractivity (Wildman–Crippen MR) is 101 cm³/mol. The average molecular weight is 398 g/mol. The van der Waals surface area contributed by atoms with Gasteiger partial charge in [0.25, 0.3) is 0 Å². The summed E-state index contributed by atoms with van der Waals surface area (Å²) in [5, 5.41) is 2.70. The number of hydrogen-bond donors (Lipinski definition) is 1. The van der Waals surface area contributed by atoms with E-state index in [0.717, 1.165) is 10.0 Å². The summed E-state index contributed by atoms with van der Waals surface area (Å²) in [5.41, 5.74) is 1.54. The summed E-state index contributed by atoms with van der Waals surface area (Å²) < 4.78 is 12.0. The van der Waals surface area contributed by atoms with Crippen LogP contribution in [-0.2, 0) is 11.3 Å². The van der Waals surface area contributed by atoms with Gasteiger partial charge < -0.3 is 9.47 Å². The molecule has 3 aromatic rings. The van der Waals surface area contributed by atoms with Crippen molar-refractivity contribution in [2.75, 3.05) is 5.32 Å². The molecule has 126 valence electrons. The Labute approximate surface area is 154 Å². The molecule has 1 N–H and O–H groups in total. The maximum Gasteiger partial charge on any atom is 0.411 e. The Hall–Kier alpha value is -2.79. The Bertz CT molecular complexity index is 835. The van der Waals surface area contributed by atoms with E-state index < -0.39 is 6.09 Å². The molecule has 0 aromatic heterocycles. The van der Waals surface area contributed by atoms with Crippen LogP contribution in [-0.4, -0.2) is 6.09 Å². The second-order valence-electron chi connectivity index (χ2n) is 5.27. The summed E-state index contributed by atoms with van der Waals surface area (Å²) >= 11 is 3.38. The molecule has 0 fully saturated rings. The van der Waals surface area contributed by atoms with E-state index in [1.165, 1.54) is 0 Å². The first-order chi connectivity index (χ1) is 12.2. The van der Waals surface area contributed by atoms with Crippen LogP contribution in [0.4, 0.5) is 10.5 Å². The Morgan fingerprint density at radius 1 is 0.880 bits per heavy atom. The molecule has 0 aliphatic heterocycles. The number of carbonyl (C=O) groups is 1. The van der Waals surface area contributed by atoms with Crippen molar-refractivity contribution in [1.29, 1.82) is 0 Å². The molecule has 0 saturated carbocycles. The molecule has 25 heavy (non-hydrogen) atoms. The fraction of sp³-hybridized carbons (Fsp3) is 0.0500. The van der Waals surface area contributed by atoms with Gasteiger partial charge in [0.1, 0.15) is 18.1 Å². The van der Waals surface area contributed by atoms with E-state index in [4.69, 9.17) is 9.47 Å². The third-order valence-corrected chi connectivity index (χ3v) is 3.87. The van der Waals surface area contributed by atoms with Crippen LogP contribution in [0.25, 0.3) is 0 Å². The summed E-state index contributed by atoms with van der Waals surface area (Å²) in [5.74, 6) is 1.34. The van der Waals surface area contributed by atoms with Gasteiger partial charge in [-0.3, -0.25) is 5.32 Å². The van der Waals surface area contributed by atoms with Crippen molar-refractivity contribution in [3.8, 4) is 11.5 Å². The molecule has 4 nitrogen and oxygen atoms in total. The van der Waals surface area contributed by atoms with Gasteiger partial charge in [-0.15, -0.1) is 0 Å². The van der Waals surface area contributed by atoms with Crippen molar-refractivity contribution < 1.29 is 14.3 Å². The van der Waals surface area contributed by atoms with Crippen molar-refractivity contribution in [2.45, 2.75) is 6.61 Å². The molecule has 0 radical (unpaired) electrons. The van der Waals surface area contributed by atoms with Gasteiger partial charge in [0.15, 0.2) is 0 Å². The van der Waals surface area contributed by atoms with Crippen LogP contribution < -0.4 is 10.1 Å². The zero-order chi connectivity index (χ0) is 17.5. The molecule has 0 spiro atoms. The van der Waals surface area contributed by atoms with Crippen molar-refractivity contribution in [2.24, 2.45) is 0 Å². The Balaban J connectivity index is 1.57. The van der Waals surface area contributed by atoms with Gasteiger partial charge >= 0.3 is 6.09 Å². The third-order valence-electron chi connectivity index (χ3n) is 3.34. The molecule has 0 aliphatic rings. The Kier molecular flexibility index (Phi) is 5.69. The van der Waals surface area contributed by atoms with Crippen LogP contribution in [0.2, 0.25) is 0 Å². The largest absolute Gasteiger partial charge is 0.457 e. The number of rotatable bonds is 5. The van der Waals surface area contributed by atoms with Crippen molar-refractivity contribution in [3.05, 3.63) is 88.9 Å². The number of nitrogens with one attached hydrogen (secondary N) is 1. The first kappa shape index (κ1) is 17.0. The number of hydrogen-bond acceptors (Lipinski definition) is 3. The molecule has 0 unspecified atom stereocenters. The highest BCUT2D eigenvalue weighted by molar-refractivity contribution is 9.10. The summed E-state index contributed by atoms with van der Waals surface area (Å²) in [6.45, 7) is 0.224. The standard InChI is InChI=1S/C20H16BrNO3/c21-16-9-11-18(12-10-16)25-19-8-4-7-17(13-19)22-20(23)24-14-15-5-2-1-3-6-15/h1-13H,14H2,(H,22,23). The van der Waals surface area contributed by atoms with E-state index in [1.807, 2.05) is 60.7 Å². The first-order valence-corrected chi connectivity index (χ1v) is 8.49. The molecule has 0 aliphatic carbocycles. The van der Waals surface area contributed by atoms with E-state index in [1.54, 1.807) is 18.2 Å². The lowest BCUT2D eigenvalue weighted by Crippen LogP contribution is -2.13. The minimum Gasteiger partial charge on any atom is -0.457 e. The number of anilines is 1. The lowest BCUT2D eigenvalue weighted by Gasteiger charge is -2.10. The minimum absolute atomic E-state index is 0.224. The molecule has 0 saturated heterocycles. The second kappa shape index (κ2) is 8.35. The zero-order valence-electron chi connectivity index (χ0n) is 13.3. The van der Waals surface area contributed by atoms with Crippen molar-refractivity contribution in [1.82, 2.24) is 0 Å². The van der Waals surface area contributed by atoms with Gasteiger partial charge in [0.2, 0.25) is 0 Å². The smallest absolute Gasteiger partial charge is 0.411 e. The maximum atomic E-state index is 11.9. The number of carbonyl (C=O) groups excluding carboxylic acids is 1. The van der Waals surface area contributed by atoms with Crippen molar-refractivity contribution >= 4 is 27.7 Å². The van der Waals surface area contributed by atoms with Gasteiger partial charge in [-0.05, 0) is 42.0 Å². The summed E-state index contributed by atoms with van der Waals surface area (Å²) in [4.78, 5) is 11.9. The number of benzene rings is 3. The van der Waals surface area contributed by atoms with Crippen LogP contribution in [0.5, 0.6) is 11.5 Å². The van der Waals surface area contributed by atoms with Crippen LogP contribution in [0.3, 0.4) is 0 Å². The van der Waals surface area contributed by atoms with E-state index in [0.29, 0.717) is 17.2 Å². The molecular weight excluding hydrogens is 382 g/mol. The summed E-state index contributed by atoms with van der Waals surface area (Å²) in [6, 6.07) is 24.2. The van der Waals surface area contributed by atoms with E-state index in [-0.39, 0.29) is 6.61 Å². The monoisotopic (exact) mass is 397 g/mol. The SMILES string of the molecule is O=C(Nc1cccc(Oc2ccc(Br)cc2)c1)OCc1ccccc1. The van der Waals surface area contributed by atoms with Gasteiger partial charge in [-0.2, -0.15) is 0 Å². The number of ether oxygens (including phenoxy) is 2. The van der Waals surface area contributed by atoms with Gasteiger partial charge in [-0.1, -0.05) is 52.3 Å². The summed E-state index contributed by atoms with van der Waals surface area (Å²) in [6.07, 6.45) is -0.510. The normalized spacial score (nSPS) is 10.1. The zero-order valence-corrected chi connectivity index (χ0v) is 14.9. The fourth-order valence-electron chi connectivity index (χ4n) is 2.15. The van der Waals surface area contributed by atoms with E-state index >= 15 is 0 Å². The topological polar surface area (TPSA) is 47.6 Å². The lowest BCUT2D eigenvalue weighted by molar-refractivity contribution is 0.155. The molecular formula is C20H16BrNO3. The Morgan fingerprint density at radius 2 is 1.64 bits per heavy atom. The maximum absolute atomic E-state index is 11.9. The molecule has 3 rings (SSSR count). The van der Waals surface area contributed by atoms with Gasteiger partial charge in [0, 0.05) is 16.2 Å². The average Bonchev–Trinajstić information content (AvgIpc) is 2.63. The quantitative estimate of drug-likeness (QED) is 0.574. The lowest BCUT2D eigenvalue weighted by atomic mass is 10.2. The third kappa shape index (κ3) is 5.36. The van der Waals surface area contributed by atoms with E-state index in [2.05, 4.69) is 21.2 Å². The molecule has 3 aromatic carbocycles. The number of halogens is 1. The summed E-state index contributed by atoms with van der Waals surface area (Å²) in [7, 11) is 0. The van der Waals surface area contributed by atoms with Gasteiger partial charge in [-0.25, -0.2) is 4.79 Å². The van der Waals surface area contributed by atoms with Crippen molar-refractivity contribution in [3.63, 3.8) is 0 Å². The predicted octanol–water partition coefficient (Wildman–Crippen LogP) is 5.99. The fourth-order valence-corrected chi connectivity index (χ4v) is 2.42. The van der Waals surface area contributed by atoms with Crippen LogP contribution in [0.1, 0.15) is 5.56 Å². The van der Waals surface area contributed by atoms with Gasteiger partial charge in [0.05, 0.1) is 0 Å². The highest BCUT2D eigenvalue weighted by Gasteiger charge is 2.05. The molecule has 0 atom stereocenters. The van der Waals surface area contributed by atoms with Crippen LogP contribution in [0.15, 0.2) is 83.3 Å². The molecule has 0 heterocycles. The highest BCUT2D eigenvalue weighted by Crippen LogP contribution is 2.25. The molecule has 5 heteroatoms. The Morgan fingerprint density at radius 3 is 2.40 bits per heavy atom. The van der Waals surface area contributed by atoms with E-state index in [9.17, 15) is 4.79 Å². The van der Waals surface area contributed by atoms with Crippen LogP contribution in [0, 0.1) is 0 Å². The first-order valence-electron chi connectivity index (χ1n) is 7.70. The molecule has 1 amide bonds. The minimum atomic E-state index is -0.510. The number of amides is 1.